The third kappa shape index (κ3) is 2.45. The van der Waals surface area contributed by atoms with Gasteiger partial charge in [-0.1, -0.05) is 19.9 Å². The van der Waals surface area contributed by atoms with Gasteiger partial charge in [0.25, 0.3) is 0 Å². The number of nitrogens with one attached hydrogen (secondary N) is 1. The molecule has 2 aromatic rings. The molecule has 0 bridgehead atoms. The molecule has 0 saturated heterocycles. The van der Waals surface area contributed by atoms with Gasteiger partial charge in [-0.05, 0) is 30.0 Å². The van der Waals surface area contributed by atoms with E-state index in [-0.39, 0.29) is 5.92 Å². The van der Waals surface area contributed by atoms with E-state index < -0.39 is 17.6 Å². The Kier molecular flexibility index (Phi) is 3.23. The molecule has 1 aromatic heterocycles. The molecule has 1 aromatic carbocycles. The lowest BCUT2D eigenvalue weighted by Crippen LogP contribution is -2.22. The Morgan fingerprint density at radius 1 is 1.44 bits per heavy atom. The van der Waals surface area contributed by atoms with Crippen molar-refractivity contribution in [2.75, 3.05) is 0 Å². The van der Waals surface area contributed by atoms with Gasteiger partial charge in [0.05, 0.1) is 11.4 Å². The highest BCUT2D eigenvalue weighted by molar-refractivity contribution is 5.74. The van der Waals surface area contributed by atoms with Gasteiger partial charge in [-0.3, -0.25) is 9.78 Å². The molecule has 0 amide bonds. The first-order chi connectivity index (χ1) is 8.47. The minimum atomic E-state index is -0.805. The van der Waals surface area contributed by atoms with Gasteiger partial charge in [0.15, 0.2) is 5.58 Å². The smallest absolute Gasteiger partial charge is 0.417 e. The summed E-state index contributed by atoms with van der Waals surface area (Å²) < 4.78 is 4.95. The molecule has 2 rings (SSSR count). The molecule has 0 spiro atoms. The summed E-state index contributed by atoms with van der Waals surface area (Å²) in [7, 11) is 0. The lowest BCUT2D eigenvalue weighted by molar-refractivity contribution is -0.143. The van der Waals surface area contributed by atoms with Crippen LogP contribution in [0.1, 0.15) is 19.4 Å². The summed E-state index contributed by atoms with van der Waals surface area (Å²) in [5, 5.41) is 9.14. The Hall–Kier alpha value is -2.04. The number of H-pyrrole nitrogens is 1. The zero-order chi connectivity index (χ0) is 13.3. The molecule has 0 aliphatic heterocycles. The largest absolute Gasteiger partial charge is 0.481 e. The second kappa shape index (κ2) is 4.68. The molecule has 0 aliphatic carbocycles. The minimum absolute atomic E-state index is 0.0522. The number of carboxylic acid groups (broad SMARTS) is 1. The molecule has 0 saturated carbocycles. The van der Waals surface area contributed by atoms with E-state index in [1.54, 1.807) is 12.1 Å². The van der Waals surface area contributed by atoms with Crippen molar-refractivity contribution in [1.29, 1.82) is 0 Å². The number of hydrogen-bond acceptors (Lipinski definition) is 3. The molecule has 18 heavy (non-hydrogen) atoms. The van der Waals surface area contributed by atoms with Crippen LogP contribution in [0, 0.1) is 11.8 Å². The average Bonchev–Trinajstić information content (AvgIpc) is 2.64. The van der Waals surface area contributed by atoms with E-state index in [4.69, 9.17) is 9.52 Å². The fourth-order valence-electron chi connectivity index (χ4n) is 1.98. The standard InChI is InChI=1S/C13H15NO4/c1-7(2)9(12(15)16)5-8-3-4-10-11(6-8)18-13(17)14-10/h3-4,6-7,9H,5H2,1-2H3,(H,14,17)(H,15,16). The first kappa shape index (κ1) is 12.4. The minimum Gasteiger partial charge on any atom is -0.481 e. The second-order valence-corrected chi connectivity index (χ2v) is 4.74. The molecule has 1 heterocycles. The van der Waals surface area contributed by atoms with Gasteiger partial charge in [0, 0.05) is 0 Å². The van der Waals surface area contributed by atoms with Gasteiger partial charge in [0.2, 0.25) is 0 Å². The number of fused-ring (bicyclic) bond motifs is 1. The van der Waals surface area contributed by atoms with Crippen LogP contribution < -0.4 is 5.76 Å². The summed E-state index contributed by atoms with van der Waals surface area (Å²) >= 11 is 0. The molecule has 0 aliphatic rings. The van der Waals surface area contributed by atoms with Gasteiger partial charge >= 0.3 is 11.7 Å². The highest BCUT2D eigenvalue weighted by Gasteiger charge is 2.21. The van der Waals surface area contributed by atoms with Crippen LogP contribution in [0.15, 0.2) is 27.4 Å². The molecular weight excluding hydrogens is 234 g/mol. The zero-order valence-corrected chi connectivity index (χ0v) is 10.3. The quantitative estimate of drug-likeness (QED) is 0.868. The van der Waals surface area contributed by atoms with Gasteiger partial charge in [-0.2, -0.15) is 0 Å². The summed E-state index contributed by atoms with van der Waals surface area (Å²) in [6, 6.07) is 5.26. The summed E-state index contributed by atoms with van der Waals surface area (Å²) in [5.74, 6) is -1.69. The maximum Gasteiger partial charge on any atom is 0.417 e. The highest BCUT2D eigenvalue weighted by atomic mass is 16.4. The Bertz CT molecular complexity index is 623. The molecule has 2 N–H and O–H groups in total. The van der Waals surface area contributed by atoms with Crippen molar-refractivity contribution < 1.29 is 14.3 Å². The van der Waals surface area contributed by atoms with E-state index in [0.717, 1.165) is 5.56 Å². The van der Waals surface area contributed by atoms with E-state index in [9.17, 15) is 9.59 Å². The Balaban J connectivity index is 2.30. The molecule has 0 radical (unpaired) electrons. The summed E-state index contributed by atoms with van der Waals surface area (Å²) in [5.41, 5.74) is 1.94. The fraction of sp³-hybridized carbons (Fsp3) is 0.385. The van der Waals surface area contributed by atoms with Crippen LogP contribution >= 0.6 is 0 Å². The van der Waals surface area contributed by atoms with Gasteiger partial charge in [0.1, 0.15) is 0 Å². The van der Waals surface area contributed by atoms with Crippen molar-refractivity contribution >= 4 is 17.1 Å². The molecule has 5 nitrogen and oxygen atoms in total. The van der Waals surface area contributed by atoms with Crippen LogP contribution in [-0.4, -0.2) is 16.1 Å². The summed E-state index contributed by atoms with van der Waals surface area (Å²) in [6.07, 6.45) is 0.428. The lowest BCUT2D eigenvalue weighted by Gasteiger charge is -2.15. The maximum atomic E-state index is 11.1. The van der Waals surface area contributed by atoms with Gasteiger partial charge < -0.3 is 9.52 Å². The molecule has 96 valence electrons. The molecular formula is C13H15NO4. The van der Waals surface area contributed by atoms with Gasteiger partial charge in [-0.25, -0.2) is 4.79 Å². The van der Waals surface area contributed by atoms with Crippen molar-refractivity contribution in [2.24, 2.45) is 11.8 Å². The molecule has 1 unspecified atom stereocenters. The number of hydrogen-bond donors (Lipinski definition) is 2. The third-order valence-electron chi connectivity index (χ3n) is 3.06. The Morgan fingerprint density at radius 3 is 2.78 bits per heavy atom. The van der Waals surface area contributed by atoms with E-state index >= 15 is 0 Å². The maximum absolute atomic E-state index is 11.1. The molecule has 5 heteroatoms. The predicted octanol–water partition coefficient (Wildman–Crippen LogP) is 2.02. The van der Waals surface area contributed by atoms with E-state index in [0.29, 0.717) is 17.5 Å². The van der Waals surface area contributed by atoms with Gasteiger partial charge in [-0.15, -0.1) is 0 Å². The van der Waals surface area contributed by atoms with E-state index in [1.807, 2.05) is 19.9 Å². The monoisotopic (exact) mass is 249 g/mol. The number of benzene rings is 1. The Morgan fingerprint density at radius 2 is 2.17 bits per heavy atom. The fourth-order valence-corrected chi connectivity index (χ4v) is 1.98. The normalized spacial score (nSPS) is 13.1. The van der Waals surface area contributed by atoms with Crippen molar-refractivity contribution in [3.05, 3.63) is 34.3 Å². The third-order valence-corrected chi connectivity index (χ3v) is 3.06. The van der Waals surface area contributed by atoms with Crippen LogP contribution in [0.3, 0.4) is 0 Å². The molecule has 0 fully saturated rings. The van der Waals surface area contributed by atoms with Crippen molar-refractivity contribution in [2.45, 2.75) is 20.3 Å². The lowest BCUT2D eigenvalue weighted by atomic mass is 9.89. The number of aliphatic carboxylic acids is 1. The number of carbonyl (C=O) groups is 1. The van der Waals surface area contributed by atoms with E-state index in [2.05, 4.69) is 4.98 Å². The zero-order valence-electron chi connectivity index (χ0n) is 10.3. The summed E-state index contributed by atoms with van der Waals surface area (Å²) in [4.78, 5) is 24.7. The van der Waals surface area contributed by atoms with Crippen LogP contribution in [0.5, 0.6) is 0 Å². The number of oxazole rings is 1. The average molecular weight is 249 g/mol. The first-order valence-electron chi connectivity index (χ1n) is 5.82. The topological polar surface area (TPSA) is 83.3 Å². The second-order valence-electron chi connectivity index (χ2n) is 4.74. The van der Waals surface area contributed by atoms with Crippen LogP contribution in [0.25, 0.3) is 11.1 Å². The van der Waals surface area contributed by atoms with Crippen molar-refractivity contribution in [1.82, 2.24) is 4.98 Å². The first-order valence-corrected chi connectivity index (χ1v) is 5.82. The number of rotatable bonds is 4. The van der Waals surface area contributed by atoms with Crippen LogP contribution in [-0.2, 0) is 11.2 Å². The Labute approximate surface area is 103 Å². The van der Waals surface area contributed by atoms with Crippen molar-refractivity contribution in [3.8, 4) is 0 Å². The number of aromatic amines is 1. The van der Waals surface area contributed by atoms with Crippen LogP contribution in [0.4, 0.5) is 0 Å². The number of carboxylic acids is 1. The van der Waals surface area contributed by atoms with E-state index in [1.165, 1.54) is 0 Å². The molecule has 1 atom stereocenters. The summed E-state index contributed by atoms with van der Waals surface area (Å²) in [6.45, 7) is 3.77. The SMILES string of the molecule is CC(C)C(Cc1ccc2[nH]c(=O)oc2c1)C(=O)O. The number of aromatic nitrogens is 1. The predicted molar refractivity (Wildman–Crippen MR) is 66.5 cm³/mol. The highest BCUT2D eigenvalue weighted by Crippen LogP contribution is 2.20. The van der Waals surface area contributed by atoms with Crippen molar-refractivity contribution in [3.63, 3.8) is 0 Å². The van der Waals surface area contributed by atoms with Crippen LogP contribution in [0.2, 0.25) is 0 Å².